The Morgan fingerprint density at radius 1 is 0.833 bits per heavy atom. The number of Topliss-reactive ketones (excluding diaryl/α,β-unsaturated/α-hetero) is 1. The molecule has 0 bridgehead atoms. The summed E-state index contributed by atoms with van der Waals surface area (Å²) >= 11 is 0. The van der Waals surface area contributed by atoms with Crippen LogP contribution in [0, 0.1) is 5.92 Å². The van der Waals surface area contributed by atoms with Crippen LogP contribution in [-0.2, 0) is 28.6 Å². The molecule has 24 heavy (non-hydrogen) atoms. The van der Waals surface area contributed by atoms with Crippen molar-refractivity contribution < 1.29 is 28.6 Å². The molecule has 0 saturated carbocycles. The Morgan fingerprint density at radius 3 is 2.04 bits per heavy atom. The van der Waals surface area contributed by atoms with Gasteiger partial charge in [-0.3, -0.25) is 14.4 Å². The minimum absolute atomic E-state index is 0.0360. The molecule has 2 N–H and O–H groups in total. The molecule has 0 aliphatic heterocycles. The fourth-order valence-corrected chi connectivity index (χ4v) is 1.48. The maximum absolute atomic E-state index is 11.5. The SMILES string of the molecule is CC(=O)NCCOCCOCCC(=O)NCCOCC(=O)C(C)C. The van der Waals surface area contributed by atoms with Gasteiger partial charge in [0.1, 0.15) is 6.61 Å². The fourth-order valence-electron chi connectivity index (χ4n) is 1.48. The zero-order valence-electron chi connectivity index (χ0n) is 14.9. The molecule has 0 atom stereocenters. The molecular weight excluding hydrogens is 316 g/mol. The van der Waals surface area contributed by atoms with Crippen LogP contribution in [0.4, 0.5) is 0 Å². The van der Waals surface area contributed by atoms with Crippen LogP contribution in [0.1, 0.15) is 27.2 Å². The lowest BCUT2D eigenvalue weighted by molar-refractivity contribution is -0.126. The van der Waals surface area contributed by atoms with Crippen molar-refractivity contribution in [2.24, 2.45) is 5.92 Å². The number of carbonyl (C=O) groups excluding carboxylic acids is 3. The second kappa shape index (κ2) is 15.0. The van der Waals surface area contributed by atoms with Gasteiger partial charge in [0.2, 0.25) is 11.8 Å². The topological polar surface area (TPSA) is 103 Å². The first-order valence-corrected chi connectivity index (χ1v) is 8.20. The van der Waals surface area contributed by atoms with E-state index in [1.807, 2.05) is 13.8 Å². The van der Waals surface area contributed by atoms with Crippen LogP contribution in [0.15, 0.2) is 0 Å². The molecule has 0 aromatic heterocycles. The molecule has 0 aromatic rings. The van der Waals surface area contributed by atoms with Gasteiger partial charge in [0.15, 0.2) is 5.78 Å². The summed E-state index contributed by atoms with van der Waals surface area (Å²) in [5.41, 5.74) is 0. The van der Waals surface area contributed by atoms with Crippen LogP contribution < -0.4 is 10.6 Å². The van der Waals surface area contributed by atoms with Gasteiger partial charge in [-0.2, -0.15) is 0 Å². The summed E-state index contributed by atoms with van der Waals surface area (Å²) in [6.45, 7) is 7.89. The average molecular weight is 346 g/mol. The number of amides is 2. The van der Waals surface area contributed by atoms with E-state index in [9.17, 15) is 14.4 Å². The monoisotopic (exact) mass is 346 g/mol. The van der Waals surface area contributed by atoms with E-state index in [0.717, 1.165) is 0 Å². The van der Waals surface area contributed by atoms with Crippen molar-refractivity contribution in [2.75, 3.05) is 52.7 Å². The summed E-state index contributed by atoms with van der Waals surface area (Å²) < 4.78 is 15.7. The Labute approximate surface area is 143 Å². The normalized spacial score (nSPS) is 10.7. The Balaban J connectivity index is 3.29. The summed E-state index contributed by atoms with van der Waals surface area (Å²) in [6.07, 6.45) is 0.261. The van der Waals surface area contributed by atoms with E-state index < -0.39 is 0 Å². The van der Waals surface area contributed by atoms with E-state index in [-0.39, 0.29) is 36.5 Å². The smallest absolute Gasteiger partial charge is 0.222 e. The van der Waals surface area contributed by atoms with Gasteiger partial charge in [-0.15, -0.1) is 0 Å². The molecule has 0 rings (SSSR count). The Hall–Kier alpha value is -1.51. The molecule has 0 aliphatic rings. The predicted octanol–water partition coefficient (Wildman–Crippen LogP) is -0.0963. The zero-order valence-corrected chi connectivity index (χ0v) is 14.9. The lowest BCUT2D eigenvalue weighted by atomic mass is 10.1. The molecule has 0 aromatic carbocycles. The molecule has 0 saturated heterocycles. The van der Waals surface area contributed by atoms with Crippen LogP contribution in [0.25, 0.3) is 0 Å². The largest absolute Gasteiger partial charge is 0.379 e. The number of rotatable bonds is 15. The first-order chi connectivity index (χ1) is 11.4. The molecule has 140 valence electrons. The Morgan fingerprint density at radius 2 is 1.42 bits per heavy atom. The van der Waals surface area contributed by atoms with E-state index in [2.05, 4.69) is 10.6 Å². The second-order valence-corrected chi connectivity index (χ2v) is 5.48. The maximum atomic E-state index is 11.5. The third-order valence-electron chi connectivity index (χ3n) is 2.92. The molecule has 0 fully saturated rings. The fraction of sp³-hybridized carbons (Fsp3) is 0.812. The Kier molecular flexibility index (Phi) is 14.1. The summed E-state index contributed by atoms with van der Waals surface area (Å²) in [5, 5.41) is 5.30. The van der Waals surface area contributed by atoms with Crippen molar-refractivity contribution in [1.29, 1.82) is 0 Å². The average Bonchev–Trinajstić information content (AvgIpc) is 2.52. The van der Waals surface area contributed by atoms with Gasteiger partial charge < -0.3 is 24.8 Å². The number of carbonyl (C=O) groups is 3. The quantitative estimate of drug-likeness (QED) is 0.402. The van der Waals surface area contributed by atoms with Crippen LogP contribution in [0.3, 0.4) is 0 Å². The molecule has 8 heteroatoms. The number of ketones is 1. The number of nitrogens with one attached hydrogen (secondary N) is 2. The summed E-state index contributed by atoms with van der Waals surface area (Å²) in [4.78, 5) is 33.4. The zero-order chi connectivity index (χ0) is 18.2. The maximum Gasteiger partial charge on any atom is 0.222 e. The standard InChI is InChI=1S/C16H30N2O6/c1-13(2)15(20)12-24-9-6-18-16(21)4-7-22-10-11-23-8-5-17-14(3)19/h13H,4-12H2,1-3H3,(H,17,19)(H,18,21). The van der Waals surface area contributed by atoms with E-state index in [4.69, 9.17) is 14.2 Å². The molecule has 2 amide bonds. The highest BCUT2D eigenvalue weighted by Gasteiger charge is 2.06. The molecule has 8 nitrogen and oxygen atoms in total. The van der Waals surface area contributed by atoms with Crippen LogP contribution >= 0.6 is 0 Å². The Bertz CT molecular complexity index is 374. The number of hydrogen-bond donors (Lipinski definition) is 2. The highest BCUT2D eigenvalue weighted by Crippen LogP contribution is 1.94. The van der Waals surface area contributed by atoms with Crippen molar-refractivity contribution >= 4 is 17.6 Å². The molecule has 0 spiro atoms. The highest BCUT2D eigenvalue weighted by atomic mass is 16.5. The first-order valence-electron chi connectivity index (χ1n) is 8.20. The van der Waals surface area contributed by atoms with Crippen molar-refractivity contribution in [1.82, 2.24) is 10.6 Å². The van der Waals surface area contributed by atoms with Crippen molar-refractivity contribution in [2.45, 2.75) is 27.2 Å². The van der Waals surface area contributed by atoms with Crippen molar-refractivity contribution in [3.05, 3.63) is 0 Å². The number of hydrogen-bond acceptors (Lipinski definition) is 6. The van der Waals surface area contributed by atoms with Gasteiger partial charge in [-0.05, 0) is 0 Å². The van der Waals surface area contributed by atoms with E-state index in [0.29, 0.717) is 46.1 Å². The van der Waals surface area contributed by atoms with E-state index in [1.54, 1.807) is 0 Å². The summed E-state index contributed by atoms with van der Waals surface area (Å²) in [5.74, 6) is -0.196. The minimum Gasteiger partial charge on any atom is -0.379 e. The van der Waals surface area contributed by atoms with Crippen LogP contribution in [-0.4, -0.2) is 70.3 Å². The third kappa shape index (κ3) is 15.4. The lowest BCUT2D eigenvalue weighted by Gasteiger charge is -2.08. The van der Waals surface area contributed by atoms with Gasteiger partial charge in [0.05, 0.1) is 33.0 Å². The van der Waals surface area contributed by atoms with Crippen molar-refractivity contribution in [3.63, 3.8) is 0 Å². The third-order valence-corrected chi connectivity index (χ3v) is 2.92. The summed E-state index contributed by atoms with van der Waals surface area (Å²) in [7, 11) is 0. The molecule has 0 heterocycles. The van der Waals surface area contributed by atoms with Crippen LogP contribution in [0.2, 0.25) is 0 Å². The molecular formula is C16H30N2O6. The van der Waals surface area contributed by atoms with Crippen LogP contribution in [0.5, 0.6) is 0 Å². The molecule has 0 radical (unpaired) electrons. The van der Waals surface area contributed by atoms with Gasteiger partial charge in [-0.1, -0.05) is 13.8 Å². The van der Waals surface area contributed by atoms with E-state index in [1.165, 1.54) is 6.92 Å². The highest BCUT2D eigenvalue weighted by molar-refractivity contribution is 5.81. The number of ether oxygens (including phenoxy) is 3. The van der Waals surface area contributed by atoms with Crippen molar-refractivity contribution in [3.8, 4) is 0 Å². The summed E-state index contributed by atoms with van der Waals surface area (Å²) in [6, 6.07) is 0. The molecule has 0 unspecified atom stereocenters. The molecule has 0 aliphatic carbocycles. The van der Waals surface area contributed by atoms with Gasteiger partial charge in [0, 0.05) is 32.4 Å². The first kappa shape index (κ1) is 22.5. The predicted molar refractivity (Wildman–Crippen MR) is 88.6 cm³/mol. The van der Waals surface area contributed by atoms with Gasteiger partial charge >= 0.3 is 0 Å². The van der Waals surface area contributed by atoms with E-state index >= 15 is 0 Å². The minimum atomic E-state index is -0.125. The van der Waals surface area contributed by atoms with Gasteiger partial charge in [-0.25, -0.2) is 0 Å². The van der Waals surface area contributed by atoms with Gasteiger partial charge in [0.25, 0.3) is 0 Å². The lowest BCUT2D eigenvalue weighted by Crippen LogP contribution is -2.29. The second-order valence-electron chi connectivity index (χ2n) is 5.48.